The van der Waals surface area contributed by atoms with Crippen molar-refractivity contribution in [3.63, 3.8) is 0 Å². The zero-order valence-corrected chi connectivity index (χ0v) is 31.9. The van der Waals surface area contributed by atoms with Gasteiger partial charge in [0, 0.05) is 47.1 Å². The van der Waals surface area contributed by atoms with Gasteiger partial charge in [0.05, 0.1) is 30.6 Å². The van der Waals surface area contributed by atoms with Crippen LogP contribution in [0.1, 0.15) is 70.1 Å². The second-order valence-corrected chi connectivity index (χ2v) is 16.1. The standard InChI is InChI=1S/C39H45BrN6O5S/c1-26(31-10-7-17-41-23-31)44-38(48)32-19-33(21-36(20-32)46(52(3,50)51)25-30-13-15-34(40)16-14-30)39(49)45-35(18-28-8-5-4-6-9-28)24-42-27(2)37(47)43-22-29-11-12-29/h4-10,13-17,19-21,23,26-27,29,35,42H,11-12,18,22,24-25H2,1-3H3,(H,43,47)(H,44,48)(H,45,49)/t26?,27-,35-/m0/s1. The first-order chi connectivity index (χ1) is 24.9. The highest BCUT2D eigenvalue weighted by molar-refractivity contribution is 9.10. The van der Waals surface area contributed by atoms with Gasteiger partial charge in [0.15, 0.2) is 0 Å². The van der Waals surface area contributed by atoms with Gasteiger partial charge in [-0.05, 0) is 92.1 Å². The average Bonchev–Trinajstić information content (AvgIpc) is 3.97. The van der Waals surface area contributed by atoms with Crippen molar-refractivity contribution in [2.24, 2.45) is 5.92 Å². The number of halogens is 1. The molecule has 5 rings (SSSR count). The molecule has 0 radical (unpaired) electrons. The lowest BCUT2D eigenvalue weighted by atomic mass is 10.0. The summed E-state index contributed by atoms with van der Waals surface area (Å²) in [5.74, 6) is -0.539. The molecule has 1 fully saturated rings. The number of nitrogens with one attached hydrogen (secondary N) is 4. The van der Waals surface area contributed by atoms with Crippen molar-refractivity contribution in [3.8, 4) is 0 Å². The summed E-state index contributed by atoms with van der Waals surface area (Å²) >= 11 is 3.41. The molecule has 1 unspecified atom stereocenters. The molecule has 1 aliphatic rings. The predicted octanol–water partition coefficient (Wildman–Crippen LogP) is 5.15. The van der Waals surface area contributed by atoms with E-state index < -0.39 is 40.0 Å². The molecule has 3 amide bonds. The third kappa shape index (κ3) is 11.5. The molecule has 1 saturated carbocycles. The van der Waals surface area contributed by atoms with Crippen LogP contribution in [-0.4, -0.2) is 62.6 Å². The van der Waals surface area contributed by atoms with E-state index in [0.717, 1.165) is 34.7 Å². The summed E-state index contributed by atoms with van der Waals surface area (Å²) in [4.78, 5) is 44.7. The van der Waals surface area contributed by atoms with E-state index in [0.29, 0.717) is 24.4 Å². The van der Waals surface area contributed by atoms with Crippen LogP contribution >= 0.6 is 15.9 Å². The van der Waals surface area contributed by atoms with Crippen molar-refractivity contribution in [1.29, 1.82) is 0 Å². The molecule has 3 aromatic carbocycles. The van der Waals surface area contributed by atoms with E-state index in [-0.39, 0.29) is 35.8 Å². The van der Waals surface area contributed by atoms with Crippen LogP contribution in [0.5, 0.6) is 0 Å². The summed E-state index contributed by atoms with van der Waals surface area (Å²) in [6.45, 7) is 4.53. The number of amides is 3. The van der Waals surface area contributed by atoms with Crippen LogP contribution in [0.15, 0.2) is 102 Å². The largest absolute Gasteiger partial charge is 0.354 e. The molecule has 1 aliphatic carbocycles. The highest BCUT2D eigenvalue weighted by Crippen LogP contribution is 2.28. The van der Waals surface area contributed by atoms with Gasteiger partial charge >= 0.3 is 0 Å². The Morgan fingerprint density at radius 2 is 1.56 bits per heavy atom. The van der Waals surface area contributed by atoms with E-state index in [9.17, 15) is 22.8 Å². The minimum atomic E-state index is -3.87. The van der Waals surface area contributed by atoms with Gasteiger partial charge in [0.2, 0.25) is 15.9 Å². The van der Waals surface area contributed by atoms with Gasteiger partial charge < -0.3 is 21.3 Å². The number of aromatic nitrogens is 1. The first kappa shape index (κ1) is 38.6. The van der Waals surface area contributed by atoms with E-state index in [1.807, 2.05) is 55.5 Å². The van der Waals surface area contributed by atoms with Gasteiger partial charge in [0.25, 0.3) is 11.8 Å². The maximum Gasteiger partial charge on any atom is 0.251 e. The normalized spacial score (nSPS) is 14.5. The molecule has 0 aliphatic heterocycles. The number of nitrogens with zero attached hydrogens (tertiary/aromatic N) is 2. The lowest BCUT2D eigenvalue weighted by molar-refractivity contribution is -0.122. The highest BCUT2D eigenvalue weighted by atomic mass is 79.9. The maximum atomic E-state index is 14.1. The minimum Gasteiger partial charge on any atom is -0.354 e. The molecule has 0 bridgehead atoms. The molecule has 52 heavy (non-hydrogen) atoms. The van der Waals surface area contributed by atoms with Crippen LogP contribution in [0, 0.1) is 5.92 Å². The fourth-order valence-corrected chi connectivity index (χ4v) is 6.78. The SMILES string of the molecule is CC(NC(=O)c1cc(C(=O)N[C@H](CN[C@@H](C)C(=O)NCC2CC2)Cc2ccccc2)cc(N(Cc2ccc(Br)cc2)S(C)(=O)=O)c1)c1cccnc1. The fourth-order valence-electron chi connectivity index (χ4n) is 5.64. The lowest BCUT2D eigenvalue weighted by Gasteiger charge is -2.25. The Bertz CT molecular complexity index is 1940. The average molecular weight is 790 g/mol. The molecule has 13 heteroatoms. The van der Waals surface area contributed by atoms with E-state index in [2.05, 4.69) is 42.2 Å². The van der Waals surface area contributed by atoms with Crippen molar-refractivity contribution in [1.82, 2.24) is 26.3 Å². The monoisotopic (exact) mass is 788 g/mol. The summed E-state index contributed by atoms with van der Waals surface area (Å²) in [6.07, 6.45) is 7.11. The highest BCUT2D eigenvalue weighted by Gasteiger charge is 2.26. The molecule has 4 N–H and O–H groups in total. The molecule has 1 aromatic heterocycles. The summed E-state index contributed by atoms with van der Waals surface area (Å²) in [5.41, 5.74) is 2.86. The molecule has 0 spiro atoms. The van der Waals surface area contributed by atoms with Crippen molar-refractivity contribution >= 4 is 49.4 Å². The van der Waals surface area contributed by atoms with Crippen LogP contribution in [-0.2, 0) is 27.8 Å². The quantitative estimate of drug-likeness (QED) is 0.116. The third-order valence-corrected chi connectivity index (χ3v) is 10.6. The Morgan fingerprint density at radius 1 is 0.885 bits per heavy atom. The lowest BCUT2D eigenvalue weighted by Crippen LogP contribution is -2.49. The molecule has 0 saturated heterocycles. The Kier molecular flexibility index (Phi) is 13.2. The second kappa shape index (κ2) is 17.8. The van der Waals surface area contributed by atoms with Crippen LogP contribution < -0.4 is 25.6 Å². The number of hydrogen-bond acceptors (Lipinski definition) is 7. The van der Waals surface area contributed by atoms with Crippen molar-refractivity contribution in [2.45, 2.75) is 57.8 Å². The van der Waals surface area contributed by atoms with E-state index in [1.165, 1.54) is 22.5 Å². The van der Waals surface area contributed by atoms with Gasteiger partial charge in [-0.25, -0.2) is 8.42 Å². The number of carbonyl (C=O) groups is 3. The number of sulfonamides is 1. The smallest absolute Gasteiger partial charge is 0.251 e. The van der Waals surface area contributed by atoms with Gasteiger partial charge in [-0.1, -0.05) is 64.5 Å². The second-order valence-electron chi connectivity index (χ2n) is 13.3. The number of hydrogen-bond donors (Lipinski definition) is 4. The molecular formula is C39H45BrN6O5S. The summed E-state index contributed by atoms with van der Waals surface area (Å²) < 4.78 is 28.6. The predicted molar refractivity (Wildman–Crippen MR) is 206 cm³/mol. The molecule has 274 valence electrons. The summed E-state index contributed by atoms with van der Waals surface area (Å²) in [7, 11) is -3.87. The van der Waals surface area contributed by atoms with E-state index >= 15 is 0 Å². The summed E-state index contributed by atoms with van der Waals surface area (Å²) in [5, 5.41) is 12.3. The first-order valence-electron chi connectivity index (χ1n) is 17.3. The molecule has 3 atom stereocenters. The Balaban J connectivity index is 1.44. The summed E-state index contributed by atoms with van der Waals surface area (Å²) in [6, 6.07) is 23.6. The number of rotatable bonds is 17. The number of benzene rings is 3. The fraction of sp³-hybridized carbons (Fsp3) is 0.333. The third-order valence-electron chi connectivity index (χ3n) is 8.89. The van der Waals surface area contributed by atoms with Gasteiger partial charge in [-0.3, -0.25) is 23.7 Å². The Hall–Kier alpha value is -4.59. The maximum absolute atomic E-state index is 14.1. The topological polar surface area (TPSA) is 150 Å². The number of carbonyl (C=O) groups excluding carboxylic acids is 3. The minimum absolute atomic E-state index is 0.0222. The molecule has 11 nitrogen and oxygen atoms in total. The van der Waals surface area contributed by atoms with Crippen molar-refractivity contribution in [3.05, 3.63) is 130 Å². The van der Waals surface area contributed by atoms with E-state index in [4.69, 9.17) is 0 Å². The Labute approximate surface area is 314 Å². The Morgan fingerprint density at radius 3 is 2.17 bits per heavy atom. The van der Waals surface area contributed by atoms with Crippen molar-refractivity contribution < 1.29 is 22.8 Å². The number of anilines is 1. The van der Waals surface area contributed by atoms with Crippen molar-refractivity contribution in [2.75, 3.05) is 23.7 Å². The van der Waals surface area contributed by atoms with Gasteiger partial charge in [-0.2, -0.15) is 0 Å². The molecular weight excluding hydrogens is 744 g/mol. The molecule has 1 heterocycles. The van der Waals surface area contributed by atoms with Crippen LogP contribution in [0.3, 0.4) is 0 Å². The first-order valence-corrected chi connectivity index (χ1v) is 19.9. The van der Waals surface area contributed by atoms with Crippen LogP contribution in [0.4, 0.5) is 5.69 Å². The molecule has 4 aromatic rings. The zero-order valence-electron chi connectivity index (χ0n) is 29.5. The van der Waals surface area contributed by atoms with Gasteiger partial charge in [0.1, 0.15) is 0 Å². The van der Waals surface area contributed by atoms with Crippen LogP contribution in [0.2, 0.25) is 0 Å². The number of pyridine rings is 1. The van der Waals surface area contributed by atoms with Gasteiger partial charge in [-0.15, -0.1) is 0 Å². The van der Waals surface area contributed by atoms with E-state index in [1.54, 1.807) is 37.5 Å². The zero-order chi connectivity index (χ0) is 37.3. The van der Waals surface area contributed by atoms with Crippen LogP contribution in [0.25, 0.3) is 0 Å².